The fourth-order valence-corrected chi connectivity index (χ4v) is 2.97. The highest BCUT2D eigenvalue weighted by Gasteiger charge is 2.21. The summed E-state index contributed by atoms with van der Waals surface area (Å²) in [5.41, 5.74) is 6.82. The van der Waals surface area contributed by atoms with Crippen LogP contribution in [-0.4, -0.2) is 6.71 Å². The molecule has 2 aromatic carbocycles. The Balaban J connectivity index is 2.55. The molecule has 0 aliphatic carbocycles. The summed E-state index contributed by atoms with van der Waals surface area (Å²) in [5.74, 6) is 0. The van der Waals surface area contributed by atoms with Gasteiger partial charge in [0.05, 0.1) is 0 Å². The van der Waals surface area contributed by atoms with Gasteiger partial charge in [0, 0.05) is 0 Å². The zero-order valence-corrected chi connectivity index (χ0v) is 13.1. The molecule has 106 valence electrons. The summed E-state index contributed by atoms with van der Waals surface area (Å²) in [4.78, 5) is 0. The van der Waals surface area contributed by atoms with Gasteiger partial charge >= 0.3 is 0 Å². The molecule has 0 aromatic heterocycles. The number of aryl methyl sites for hydroxylation is 2. The first kappa shape index (κ1) is 15.4. The minimum atomic E-state index is 0.372. The molecule has 0 N–H and O–H groups in total. The molecular formula is C20H23B. The van der Waals surface area contributed by atoms with Crippen molar-refractivity contribution in [2.75, 3.05) is 0 Å². The monoisotopic (exact) mass is 274 g/mol. The molecule has 0 heterocycles. The van der Waals surface area contributed by atoms with E-state index < -0.39 is 0 Å². The SMILES string of the molecule is C=CCB(c1cccc(C)c1)c1cccc(C)c1CC=C. The highest BCUT2D eigenvalue weighted by molar-refractivity contribution is 6.85. The van der Waals surface area contributed by atoms with Crippen LogP contribution < -0.4 is 10.9 Å². The summed E-state index contributed by atoms with van der Waals surface area (Å²) in [6.45, 7) is 12.6. The normalized spacial score (nSPS) is 10.2. The Labute approximate surface area is 129 Å². The molecule has 0 bridgehead atoms. The Morgan fingerprint density at radius 3 is 2.43 bits per heavy atom. The van der Waals surface area contributed by atoms with Crippen LogP contribution in [0.25, 0.3) is 0 Å². The molecule has 0 saturated carbocycles. The zero-order chi connectivity index (χ0) is 15.2. The molecule has 0 amide bonds. The van der Waals surface area contributed by atoms with Gasteiger partial charge in [-0.3, -0.25) is 0 Å². The van der Waals surface area contributed by atoms with Crippen LogP contribution in [-0.2, 0) is 6.42 Å². The van der Waals surface area contributed by atoms with E-state index in [1.54, 1.807) is 0 Å². The Bertz CT molecular complexity index is 640. The lowest BCUT2D eigenvalue weighted by molar-refractivity contribution is 1.23. The summed E-state index contributed by atoms with van der Waals surface area (Å²) in [6, 6.07) is 15.4. The summed E-state index contributed by atoms with van der Waals surface area (Å²) < 4.78 is 0. The molecule has 0 spiro atoms. The van der Waals surface area contributed by atoms with Crippen LogP contribution in [0.4, 0.5) is 0 Å². The summed E-state index contributed by atoms with van der Waals surface area (Å²) >= 11 is 0. The fourth-order valence-electron chi connectivity index (χ4n) is 2.97. The number of hydrogen-bond acceptors (Lipinski definition) is 0. The molecule has 2 aromatic rings. The van der Waals surface area contributed by atoms with Crippen molar-refractivity contribution in [3.63, 3.8) is 0 Å². The van der Waals surface area contributed by atoms with E-state index in [1.165, 1.54) is 27.6 Å². The number of benzene rings is 2. The Kier molecular flexibility index (Phi) is 5.22. The van der Waals surface area contributed by atoms with Gasteiger partial charge in [0.2, 0.25) is 6.71 Å². The topological polar surface area (TPSA) is 0 Å². The van der Waals surface area contributed by atoms with Crippen LogP contribution in [0.1, 0.15) is 16.7 Å². The van der Waals surface area contributed by atoms with Gasteiger partial charge in [-0.2, -0.15) is 0 Å². The molecular weight excluding hydrogens is 251 g/mol. The van der Waals surface area contributed by atoms with Crippen molar-refractivity contribution >= 4 is 17.6 Å². The van der Waals surface area contributed by atoms with E-state index in [-0.39, 0.29) is 0 Å². The van der Waals surface area contributed by atoms with Crippen molar-refractivity contribution in [1.82, 2.24) is 0 Å². The maximum Gasteiger partial charge on any atom is 0.213 e. The summed E-state index contributed by atoms with van der Waals surface area (Å²) in [6.07, 6.45) is 5.89. The van der Waals surface area contributed by atoms with E-state index >= 15 is 0 Å². The molecule has 0 aliphatic rings. The molecule has 0 saturated heterocycles. The first-order valence-corrected chi connectivity index (χ1v) is 7.54. The molecule has 0 aliphatic heterocycles. The molecule has 0 radical (unpaired) electrons. The van der Waals surface area contributed by atoms with Crippen molar-refractivity contribution in [3.8, 4) is 0 Å². The zero-order valence-electron chi connectivity index (χ0n) is 13.1. The second kappa shape index (κ2) is 7.13. The van der Waals surface area contributed by atoms with E-state index in [0.717, 1.165) is 12.7 Å². The van der Waals surface area contributed by atoms with E-state index in [9.17, 15) is 0 Å². The average Bonchev–Trinajstić information content (AvgIpc) is 2.47. The highest BCUT2D eigenvalue weighted by Crippen LogP contribution is 2.10. The molecule has 0 atom stereocenters. The minimum Gasteiger partial charge on any atom is -0.104 e. The molecule has 1 heteroatoms. The smallest absolute Gasteiger partial charge is 0.104 e. The van der Waals surface area contributed by atoms with E-state index in [4.69, 9.17) is 0 Å². The van der Waals surface area contributed by atoms with E-state index in [2.05, 4.69) is 69.5 Å². The van der Waals surface area contributed by atoms with Crippen LogP contribution in [0.2, 0.25) is 6.32 Å². The molecule has 2 rings (SSSR count). The van der Waals surface area contributed by atoms with Gasteiger partial charge in [-0.25, -0.2) is 0 Å². The van der Waals surface area contributed by atoms with Crippen LogP contribution in [0, 0.1) is 13.8 Å². The Morgan fingerprint density at radius 2 is 1.76 bits per heavy atom. The quantitative estimate of drug-likeness (QED) is 0.555. The predicted octanol–water partition coefficient (Wildman–Crippen LogP) is 3.83. The van der Waals surface area contributed by atoms with Crippen molar-refractivity contribution in [2.24, 2.45) is 0 Å². The number of hydrogen-bond donors (Lipinski definition) is 0. The molecule has 0 nitrogen and oxygen atoms in total. The van der Waals surface area contributed by atoms with E-state index in [1.807, 2.05) is 12.2 Å². The first-order chi connectivity index (χ1) is 10.2. The third-order valence-electron chi connectivity index (χ3n) is 4.02. The second-order valence-corrected chi connectivity index (χ2v) is 5.63. The van der Waals surface area contributed by atoms with Gasteiger partial charge in [-0.05, 0) is 37.7 Å². The van der Waals surface area contributed by atoms with Gasteiger partial charge in [-0.1, -0.05) is 71.1 Å². The summed E-state index contributed by atoms with van der Waals surface area (Å²) in [7, 11) is 0. The van der Waals surface area contributed by atoms with Crippen LogP contribution in [0.15, 0.2) is 67.8 Å². The lowest BCUT2D eigenvalue weighted by Crippen LogP contribution is -2.43. The lowest BCUT2D eigenvalue weighted by atomic mass is 9.37. The lowest BCUT2D eigenvalue weighted by Gasteiger charge is -2.19. The maximum absolute atomic E-state index is 3.95. The average molecular weight is 274 g/mol. The fraction of sp³-hybridized carbons (Fsp3) is 0.200. The first-order valence-electron chi connectivity index (χ1n) is 7.54. The van der Waals surface area contributed by atoms with Crippen molar-refractivity contribution in [3.05, 3.63) is 84.5 Å². The van der Waals surface area contributed by atoms with Crippen LogP contribution in [0.5, 0.6) is 0 Å². The third kappa shape index (κ3) is 3.55. The molecule has 21 heavy (non-hydrogen) atoms. The van der Waals surface area contributed by atoms with Crippen LogP contribution in [0.3, 0.4) is 0 Å². The van der Waals surface area contributed by atoms with Gasteiger partial charge in [0.1, 0.15) is 0 Å². The van der Waals surface area contributed by atoms with Gasteiger partial charge in [0.15, 0.2) is 0 Å². The third-order valence-corrected chi connectivity index (χ3v) is 4.02. The number of rotatable bonds is 6. The van der Waals surface area contributed by atoms with Crippen molar-refractivity contribution in [2.45, 2.75) is 26.6 Å². The number of allylic oxidation sites excluding steroid dienone is 2. The Morgan fingerprint density at radius 1 is 1.00 bits per heavy atom. The second-order valence-electron chi connectivity index (χ2n) is 5.63. The largest absolute Gasteiger partial charge is 0.213 e. The Hall–Kier alpha value is -2.02. The van der Waals surface area contributed by atoms with Crippen LogP contribution >= 0.6 is 0 Å². The maximum atomic E-state index is 3.95. The van der Waals surface area contributed by atoms with Crippen molar-refractivity contribution < 1.29 is 0 Å². The van der Waals surface area contributed by atoms with Gasteiger partial charge < -0.3 is 0 Å². The minimum absolute atomic E-state index is 0.372. The standard InChI is InChI=1S/C20H23B/c1-5-9-19-17(4)11-8-13-20(19)21(14-6-2)18-12-7-10-16(3)15-18/h5-8,10-13,15H,1-2,9,14H2,3-4H3. The van der Waals surface area contributed by atoms with Crippen molar-refractivity contribution in [1.29, 1.82) is 0 Å². The predicted molar refractivity (Wildman–Crippen MR) is 96.3 cm³/mol. The molecule has 0 fully saturated rings. The summed E-state index contributed by atoms with van der Waals surface area (Å²) in [5, 5.41) is 0. The van der Waals surface area contributed by atoms with E-state index in [0.29, 0.717) is 6.71 Å². The van der Waals surface area contributed by atoms with Gasteiger partial charge in [0.25, 0.3) is 0 Å². The highest BCUT2D eigenvalue weighted by atomic mass is 14.1. The van der Waals surface area contributed by atoms with Gasteiger partial charge in [-0.15, -0.1) is 13.2 Å². The molecule has 0 unspecified atom stereocenters.